The lowest BCUT2D eigenvalue weighted by Gasteiger charge is -1.99. The maximum absolute atomic E-state index is 11.0. The first-order chi connectivity index (χ1) is 6.54. The van der Waals surface area contributed by atoms with Gasteiger partial charge in [-0.2, -0.15) is 0 Å². The van der Waals surface area contributed by atoms with Crippen LogP contribution in [0.25, 0.3) is 0 Å². The van der Waals surface area contributed by atoms with Crippen LogP contribution in [0.2, 0.25) is 0 Å². The van der Waals surface area contributed by atoms with E-state index in [2.05, 4.69) is 23.6 Å². The third-order valence-electron chi connectivity index (χ3n) is 1.95. The molecule has 0 atom stereocenters. The molecular formula is C10H15NO2S. The van der Waals surface area contributed by atoms with Crippen molar-refractivity contribution in [1.82, 2.24) is 4.98 Å². The quantitative estimate of drug-likeness (QED) is 0.723. The number of ether oxygens (including phenoxy) is 1. The molecule has 1 aromatic heterocycles. The van der Waals surface area contributed by atoms with E-state index in [1.165, 1.54) is 12.0 Å². The number of carbonyl (C=O) groups excluding carboxylic acids is 1. The molecular weight excluding hydrogens is 198 g/mol. The van der Waals surface area contributed by atoms with Crippen molar-refractivity contribution in [3.05, 3.63) is 15.6 Å². The van der Waals surface area contributed by atoms with E-state index in [1.54, 1.807) is 11.3 Å². The van der Waals surface area contributed by atoms with Gasteiger partial charge in [-0.25, -0.2) is 4.98 Å². The highest BCUT2D eigenvalue weighted by atomic mass is 32.1. The van der Waals surface area contributed by atoms with Crippen LogP contribution >= 0.6 is 11.3 Å². The SMILES string of the molecule is COC(=O)Cc1nc(C(C)C)c(C)s1. The minimum atomic E-state index is -0.228. The second-order valence-corrected chi connectivity index (χ2v) is 4.74. The molecule has 0 unspecified atom stereocenters. The fraction of sp³-hybridized carbons (Fsp3) is 0.600. The molecule has 14 heavy (non-hydrogen) atoms. The van der Waals surface area contributed by atoms with E-state index < -0.39 is 0 Å². The van der Waals surface area contributed by atoms with Crippen molar-refractivity contribution in [2.45, 2.75) is 33.1 Å². The number of thiazole rings is 1. The van der Waals surface area contributed by atoms with Crippen LogP contribution in [0.3, 0.4) is 0 Å². The molecule has 0 aliphatic rings. The molecule has 0 spiro atoms. The third-order valence-corrected chi connectivity index (χ3v) is 2.93. The zero-order valence-corrected chi connectivity index (χ0v) is 9.77. The Balaban J connectivity index is 2.81. The molecule has 3 nitrogen and oxygen atoms in total. The van der Waals surface area contributed by atoms with E-state index >= 15 is 0 Å². The summed E-state index contributed by atoms with van der Waals surface area (Å²) in [6.07, 6.45) is 0.286. The van der Waals surface area contributed by atoms with Gasteiger partial charge in [-0.05, 0) is 12.8 Å². The van der Waals surface area contributed by atoms with Crippen LogP contribution in [0.15, 0.2) is 0 Å². The molecule has 1 heterocycles. The smallest absolute Gasteiger partial charge is 0.312 e. The Morgan fingerprint density at radius 1 is 1.57 bits per heavy atom. The van der Waals surface area contributed by atoms with E-state index in [0.29, 0.717) is 5.92 Å². The van der Waals surface area contributed by atoms with Crippen LogP contribution in [-0.2, 0) is 16.0 Å². The Morgan fingerprint density at radius 3 is 2.64 bits per heavy atom. The van der Waals surface area contributed by atoms with Gasteiger partial charge in [0.05, 0.1) is 19.2 Å². The molecule has 0 N–H and O–H groups in total. The van der Waals surface area contributed by atoms with Crippen LogP contribution in [0.4, 0.5) is 0 Å². The van der Waals surface area contributed by atoms with Crippen LogP contribution in [0.1, 0.15) is 35.3 Å². The number of aryl methyl sites for hydroxylation is 1. The standard InChI is InChI=1S/C10H15NO2S/c1-6(2)10-7(3)14-8(11-10)5-9(12)13-4/h6H,5H2,1-4H3. The lowest BCUT2D eigenvalue weighted by molar-refractivity contribution is -0.139. The van der Waals surface area contributed by atoms with Gasteiger partial charge in [0.2, 0.25) is 0 Å². The Labute approximate surface area is 88.1 Å². The largest absolute Gasteiger partial charge is 0.469 e. The molecule has 0 saturated carbocycles. The highest BCUT2D eigenvalue weighted by molar-refractivity contribution is 7.11. The summed E-state index contributed by atoms with van der Waals surface area (Å²) in [5, 5.41) is 0.845. The zero-order chi connectivity index (χ0) is 10.7. The van der Waals surface area contributed by atoms with Gasteiger partial charge in [-0.15, -0.1) is 11.3 Å². The molecule has 0 amide bonds. The lowest BCUT2D eigenvalue weighted by Crippen LogP contribution is -2.04. The fourth-order valence-electron chi connectivity index (χ4n) is 1.27. The van der Waals surface area contributed by atoms with Gasteiger partial charge in [0, 0.05) is 4.88 Å². The summed E-state index contributed by atoms with van der Waals surface area (Å²) < 4.78 is 4.59. The van der Waals surface area contributed by atoms with E-state index in [0.717, 1.165) is 10.7 Å². The monoisotopic (exact) mass is 213 g/mol. The molecule has 0 bridgehead atoms. The molecule has 0 aromatic carbocycles. The van der Waals surface area contributed by atoms with Crippen LogP contribution in [0, 0.1) is 6.92 Å². The minimum Gasteiger partial charge on any atom is -0.469 e. The third kappa shape index (κ3) is 2.54. The number of methoxy groups -OCH3 is 1. The summed E-state index contributed by atoms with van der Waals surface area (Å²) >= 11 is 1.57. The highest BCUT2D eigenvalue weighted by Gasteiger charge is 2.13. The minimum absolute atomic E-state index is 0.228. The van der Waals surface area contributed by atoms with Gasteiger partial charge in [0.1, 0.15) is 5.01 Å². The molecule has 0 saturated heterocycles. The van der Waals surface area contributed by atoms with Crippen LogP contribution in [-0.4, -0.2) is 18.1 Å². The number of nitrogens with zero attached hydrogens (tertiary/aromatic N) is 1. The van der Waals surface area contributed by atoms with Gasteiger partial charge in [0.25, 0.3) is 0 Å². The summed E-state index contributed by atoms with van der Waals surface area (Å²) in [5.41, 5.74) is 1.09. The molecule has 0 fully saturated rings. The summed E-state index contributed by atoms with van der Waals surface area (Å²) in [6.45, 7) is 6.24. The number of aromatic nitrogens is 1. The molecule has 78 valence electrons. The Kier molecular flexibility index (Phi) is 3.63. The average molecular weight is 213 g/mol. The number of hydrogen-bond acceptors (Lipinski definition) is 4. The molecule has 0 aliphatic heterocycles. The van der Waals surface area contributed by atoms with E-state index in [-0.39, 0.29) is 12.4 Å². The van der Waals surface area contributed by atoms with Crippen molar-refractivity contribution in [1.29, 1.82) is 0 Å². The van der Waals surface area contributed by atoms with Crippen LogP contribution in [0.5, 0.6) is 0 Å². The van der Waals surface area contributed by atoms with Crippen LogP contribution < -0.4 is 0 Å². The topological polar surface area (TPSA) is 39.2 Å². The average Bonchev–Trinajstić information content (AvgIpc) is 2.46. The molecule has 4 heteroatoms. The number of rotatable bonds is 3. The second-order valence-electron chi connectivity index (χ2n) is 3.46. The number of carbonyl (C=O) groups is 1. The lowest BCUT2D eigenvalue weighted by atomic mass is 10.1. The van der Waals surface area contributed by atoms with E-state index in [1.807, 2.05) is 6.92 Å². The summed E-state index contributed by atoms with van der Waals surface area (Å²) in [5.74, 6) is 0.187. The van der Waals surface area contributed by atoms with Crippen molar-refractivity contribution in [2.24, 2.45) is 0 Å². The number of hydrogen-bond donors (Lipinski definition) is 0. The Morgan fingerprint density at radius 2 is 2.21 bits per heavy atom. The zero-order valence-electron chi connectivity index (χ0n) is 8.96. The van der Waals surface area contributed by atoms with Gasteiger partial charge in [0.15, 0.2) is 0 Å². The summed E-state index contributed by atoms with van der Waals surface area (Å²) in [6, 6.07) is 0. The molecule has 1 rings (SSSR count). The fourth-order valence-corrected chi connectivity index (χ4v) is 2.35. The van der Waals surface area contributed by atoms with Crippen molar-refractivity contribution < 1.29 is 9.53 Å². The predicted molar refractivity (Wildman–Crippen MR) is 56.7 cm³/mol. The van der Waals surface area contributed by atoms with Crippen molar-refractivity contribution in [3.8, 4) is 0 Å². The molecule has 0 radical (unpaired) electrons. The first-order valence-electron chi connectivity index (χ1n) is 4.57. The Hall–Kier alpha value is -0.900. The van der Waals surface area contributed by atoms with E-state index in [4.69, 9.17) is 0 Å². The van der Waals surface area contributed by atoms with Gasteiger partial charge in [-0.1, -0.05) is 13.8 Å². The van der Waals surface area contributed by atoms with Gasteiger partial charge in [-0.3, -0.25) is 4.79 Å². The maximum Gasteiger partial charge on any atom is 0.312 e. The maximum atomic E-state index is 11.0. The summed E-state index contributed by atoms with van der Waals surface area (Å²) in [4.78, 5) is 16.6. The first-order valence-corrected chi connectivity index (χ1v) is 5.39. The van der Waals surface area contributed by atoms with Crippen molar-refractivity contribution in [3.63, 3.8) is 0 Å². The van der Waals surface area contributed by atoms with Crippen molar-refractivity contribution in [2.75, 3.05) is 7.11 Å². The first kappa shape index (κ1) is 11.2. The number of esters is 1. The van der Waals surface area contributed by atoms with Gasteiger partial charge >= 0.3 is 5.97 Å². The molecule has 1 aromatic rings. The molecule has 0 aliphatic carbocycles. The Bertz CT molecular complexity index is 331. The summed E-state index contributed by atoms with van der Waals surface area (Å²) in [7, 11) is 1.39. The highest BCUT2D eigenvalue weighted by Crippen LogP contribution is 2.24. The second kappa shape index (κ2) is 4.55. The normalized spacial score (nSPS) is 10.6. The van der Waals surface area contributed by atoms with Gasteiger partial charge < -0.3 is 4.74 Å². The van der Waals surface area contributed by atoms with Crippen molar-refractivity contribution >= 4 is 17.3 Å². The predicted octanol–water partition coefficient (Wildman–Crippen LogP) is 2.29. The van der Waals surface area contributed by atoms with E-state index in [9.17, 15) is 4.79 Å².